The first-order chi connectivity index (χ1) is 9.93. The van der Waals surface area contributed by atoms with Crippen LogP contribution in [0.15, 0.2) is 23.0 Å². The van der Waals surface area contributed by atoms with Crippen LogP contribution in [0.5, 0.6) is 0 Å². The Morgan fingerprint density at radius 3 is 2.86 bits per heavy atom. The van der Waals surface area contributed by atoms with Crippen molar-refractivity contribution in [2.45, 2.75) is 19.4 Å². The van der Waals surface area contributed by atoms with Crippen LogP contribution in [-0.2, 0) is 7.05 Å². The van der Waals surface area contributed by atoms with Crippen LogP contribution in [0.1, 0.15) is 13.3 Å². The van der Waals surface area contributed by atoms with E-state index in [0.29, 0.717) is 17.3 Å². The molecule has 0 radical (unpaired) electrons. The van der Waals surface area contributed by atoms with Crippen molar-refractivity contribution >= 4 is 22.4 Å². The maximum Gasteiger partial charge on any atom is 0.349 e. The van der Waals surface area contributed by atoms with Crippen molar-refractivity contribution in [3.63, 3.8) is 0 Å². The molecule has 1 heterocycles. The number of rotatable bonds is 5. The summed E-state index contributed by atoms with van der Waals surface area (Å²) in [6.45, 7) is 1.83. The molecular weight excluding hydrogens is 276 g/mol. The summed E-state index contributed by atoms with van der Waals surface area (Å²) in [7, 11) is 1.56. The van der Waals surface area contributed by atoms with Gasteiger partial charge in [0, 0.05) is 37.2 Å². The molecule has 2 aromatic rings. The molecule has 2 rings (SSSR count). The largest absolute Gasteiger partial charge is 0.396 e. The summed E-state index contributed by atoms with van der Waals surface area (Å²) in [5.41, 5.74) is 0.0372. The third-order valence-electron chi connectivity index (χ3n) is 3.25. The van der Waals surface area contributed by atoms with E-state index in [1.54, 1.807) is 7.05 Å². The van der Waals surface area contributed by atoms with Crippen molar-refractivity contribution in [3.05, 3.63) is 38.8 Å². The number of hydrogen-bond donors (Lipinski definition) is 2. The molecule has 8 heteroatoms. The molecule has 0 aliphatic carbocycles. The fourth-order valence-electron chi connectivity index (χ4n) is 2.06. The van der Waals surface area contributed by atoms with Crippen molar-refractivity contribution in [1.82, 2.24) is 9.55 Å². The number of nitro benzene ring substituents is 1. The monoisotopic (exact) mass is 292 g/mol. The first kappa shape index (κ1) is 14.9. The number of non-ortho nitro benzene ring substituents is 1. The molecule has 1 unspecified atom stereocenters. The van der Waals surface area contributed by atoms with Crippen LogP contribution in [0.4, 0.5) is 11.5 Å². The van der Waals surface area contributed by atoms with Crippen LogP contribution in [0, 0.1) is 10.1 Å². The van der Waals surface area contributed by atoms with Gasteiger partial charge >= 0.3 is 5.69 Å². The van der Waals surface area contributed by atoms with Crippen molar-refractivity contribution < 1.29 is 10.0 Å². The average Bonchev–Trinajstić information content (AvgIpc) is 2.44. The van der Waals surface area contributed by atoms with Gasteiger partial charge in [-0.15, -0.1) is 0 Å². The third kappa shape index (κ3) is 3.00. The Kier molecular flexibility index (Phi) is 4.18. The van der Waals surface area contributed by atoms with E-state index in [1.165, 1.54) is 22.8 Å². The topological polar surface area (TPSA) is 110 Å². The molecule has 112 valence electrons. The van der Waals surface area contributed by atoms with Crippen LogP contribution in [0.3, 0.4) is 0 Å². The lowest BCUT2D eigenvalue weighted by molar-refractivity contribution is -0.384. The quantitative estimate of drug-likeness (QED) is 0.629. The number of hydrogen-bond acceptors (Lipinski definition) is 6. The Labute approximate surface area is 120 Å². The number of benzene rings is 1. The van der Waals surface area contributed by atoms with Crippen molar-refractivity contribution in [2.75, 3.05) is 11.9 Å². The van der Waals surface area contributed by atoms with Gasteiger partial charge in [-0.05, 0) is 19.4 Å². The second kappa shape index (κ2) is 5.88. The smallest absolute Gasteiger partial charge is 0.349 e. The van der Waals surface area contributed by atoms with Gasteiger partial charge in [-0.3, -0.25) is 14.7 Å². The highest BCUT2D eigenvalue weighted by molar-refractivity contribution is 5.91. The van der Waals surface area contributed by atoms with E-state index in [0.717, 1.165) is 0 Å². The van der Waals surface area contributed by atoms with Crippen LogP contribution < -0.4 is 11.0 Å². The normalized spacial score (nSPS) is 12.3. The molecule has 1 aromatic carbocycles. The number of nitrogens with one attached hydrogen (secondary N) is 1. The fourth-order valence-corrected chi connectivity index (χ4v) is 2.06. The fraction of sp³-hybridized carbons (Fsp3) is 0.385. The first-order valence-corrected chi connectivity index (χ1v) is 6.46. The molecule has 1 aromatic heterocycles. The molecule has 1 atom stereocenters. The molecule has 0 fully saturated rings. The number of aryl methyl sites for hydroxylation is 1. The van der Waals surface area contributed by atoms with E-state index >= 15 is 0 Å². The molecule has 0 amide bonds. The van der Waals surface area contributed by atoms with E-state index in [9.17, 15) is 14.9 Å². The van der Waals surface area contributed by atoms with Gasteiger partial charge in [-0.1, -0.05) is 0 Å². The van der Waals surface area contributed by atoms with E-state index in [1.807, 2.05) is 6.92 Å². The molecule has 0 aliphatic rings. The maximum atomic E-state index is 11.8. The summed E-state index contributed by atoms with van der Waals surface area (Å²) in [6, 6.07) is 4.15. The molecule has 0 bridgehead atoms. The molecule has 0 spiro atoms. The van der Waals surface area contributed by atoms with Crippen LogP contribution >= 0.6 is 0 Å². The van der Waals surface area contributed by atoms with E-state index in [-0.39, 0.29) is 24.2 Å². The molecule has 8 nitrogen and oxygen atoms in total. The maximum absolute atomic E-state index is 11.8. The summed E-state index contributed by atoms with van der Waals surface area (Å²) in [5.74, 6) is 0.290. The molecule has 0 aliphatic heterocycles. The number of aliphatic hydroxyl groups is 1. The predicted molar refractivity (Wildman–Crippen MR) is 78.4 cm³/mol. The highest BCUT2D eigenvalue weighted by Gasteiger charge is 2.14. The van der Waals surface area contributed by atoms with E-state index in [2.05, 4.69) is 10.3 Å². The van der Waals surface area contributed by atoms with Gasteiger partial charge in [0.1, 0.15) is 5.82 Å². The minimum Gasteiger partial charge on any atom is -0.396 e. The highest BCUT2D eigenvalue weighted by Crippen LogP contribution is 2.25. The second-order valence-corrected chi connectivity index (χ2v) is 4.82. The number of aromatic nitrogens is 2. The number of nitro groups is 1. The zero-order valence-corrected chi connectivity index (χ0v) is 11.7. The number of nitrogens with zero attached hydrogens (tertiary/aromatic N) is 3. The Bertz CT molecular complexity index is 741. The molecular formula is C13H16N4O4. The Morgan fingerprint density at radius 1 is 1.52 bits per heavy atom. The number of aliphatic hydroxyl groups excluding tert-OH is 1. The lowest BCUT2D eigenvalue weighted by atomic mass is 10.2. The van der Waals surface area contributed by atoms with Crippen LogP contribution in [0.2, 0.25) is 0 Å². The lowest BCUT2D eigenvalue weighted by Crippen LogP contribution is -2.25. The van der Waals surface area contributed by atoms with E-state index in [4.69, 9.17) is 5.11 Å². The zero-order chi connectivity index (χ0) is 15.6. The SMILES string of the molecule is CC(CCO)Nc1nc(=O)n(C)c2ccc([N+](=O)[O-])cc12. The van der Waals surface area contributed by atoms with Crippen LogP contribution in [-0.4, -0.2) is 32.2 Å². The highest BCUT2D eigenvalue weighted by atomic mass is 16.6. The summed E-state index contributed by atoms with van der Waals surface area (Å²) in [4.78, 5) is 26.2. The van der Waals surface area contributed by atoms with Crippen LogP contribution in [0.25, 0.3) is 10.9 Å². The summed E-state index contributed by atoms with van der Waals surface area (Å²) in [5, 5.41) is 23.3. The minimum absolute atomic E-state index is 0.00289. The van der Waals surface area contributed by atoms with Gasteiger partial charge in [0.15, 0.2) is 0 Å². The number of anilines is 1. The molecule has 21 heavy (non-hydrogen) atoms. The van der Waals surface area contributed by atoms with Crippen molar-refractivity contribution in [1.29, 1.82) is 0 Å². The van der Waals surface area contributed by atoms with Gasteiger partial charge < -0.3 is 10.4 Å². The third-order valence-corrected chi connectivity index (χ3v) is 3.25. The standard InChI is InChI=1S/C13H16N4O4/c1-8(5-6-18)14-12-10-7-9(17(20)21)3-4-11(10)16(2)13(19)15-12/h3-4,7-8,18H,5-6H2,1-2H3,(H,14,15,19). The zero-order valence-electron chi connectivity index (χ0n) is 11.7. The molecule has 2 N–H and O–H groups in total. The Morgan fingerprint density at radius 2 is 2.24 bits per heavy atom. The predicted octanol–water partition coefficient (Wildman–Crippen LogP) is 1.02. The Balaban J connectivity index is 2.62. The summed E-state index contributed by atoms with van der Waals surface area (Å²) in [6.07, 6.45) is 0.479. The second-order valence-electron chi connectivity index (χ2n) is 4.82. The van der Waals surface area contributed by atoms with Crippen molar-refractivity contribution in [2.24, 2.45) is 7.05 Å². The first-order valence-electron chi connectivity index (χ1n) is 6.46. The van der Waals surface area contributed by atoms with Gasteiger partial charge in [0.25, 0.3) is 5.69 Å². The Hall–Kier alpha value is -2.48. The minimum atomic E-state index is -0.495. The summed E-state index contributed by atoms with van der Waals surface area (Å²) < 4.78 is 1.33. The van der Waals surface area contributed by atoms with Crippen molar-refractivity contribution in [3.8, 4) is 0 Å². The van der Waals surface area contributed by atoms with Gasteiger partial charge in [-0.25, -0.2) is 4.79 Å². The lowest BCUT2D eigenvalue weighted by Gasteiger charge is -2.15. The summed E-state index contributed by atoms with van der Waals surface area (Å²) >= 11 is 0. The molecule has 0 saturated carbocycles. The van der Waals surface area contributed by atoms with Gasteiger partial charge in [0.05, 0.1) is 10.4 Å². The number of fused-ring (bicyclic) bond motifs is 1. The van der Waals surface area contributed by atoms with Gasteiger partial charge in [-0.2, -0.15) is 4.98 Å². The van der Waals surface area contributed by atoms with E-state index < -0.39 is 10.6 Å². The van der Waals surface area contributed by atoms with Gasteiger partial charge in [0.2, 0.25) is 0 Å². The molecule has 0 saturated heterocycles. The average molecular weight is 292 g/mol.